The molecule has 4 nitrogen and oxygen atoms in total. The number of nitro groups is 1. The van der Waals surface area contributed by atoms with E-state index in [1.54, 1.807) is 0 Å². The molecule has 0 aliphatic heterocycles. The van der Waals surface area contributed by atoms with Crippen LogP contribution in [0.25, 0.3) is 0 Å². The van der Waals surface area contributed by atoms with E-state index < -0.39 is 15.7 Å². The first-order valence-corrected chi connectivity index (χ1v) is 9.78. The third-order valence-electron chi connectivity index (χ3n) is 2.86. The van der Waals surface area contributed by atoms with Crippen molar-refractivity contribution in [3.05, 3.63) is 20.6 Å². The molecular weight excluding hydrogens is 294 g/mol. The van der Waals surface area contributed by atoms with Crippen molar-refractivity contribution in [1.82, 2.24) is 0 Å². The summed E-state index contributed by atoms with van der Waals surface area (Å²) in [6, 6.07) is 0. The number of hydrogen-bond acceptors (Lipinski definition) is 4. The summed E-state index contributed by atoms with van der Waals surface area (Å²) in [4.78, 5) is 10.1. The Kier molecular flexibility index (Phi) is 13.4. The van der Waals surface area contributed by atoms with Gasteiger partial charge in [-0.1, -0.05) is 52.4 Å². The second-order valence-electron chi connectivity index (χ2n) is 4.75. The second-order valence-corrected chi connectivity index (χ2v) is 7.69. The van der Waals surface area contributed by atoms with Gasteiger partial charge in [0.15, 0.2) is 0 Å². The minimum atomic E-state index is -1.21. The Bertz CT molecular complexity index is 320. The van der Waals surface area contributed by atoms with Gasteiger partial charge in [-0.15, -0.1) is 11.8 Å². The van der Waals surface area contributed by atoms with Crippen LogP contribution in [0.15, 0.2) is 10.4 Å². The van der Waals surface area contributed by atoms with E-state index in [1.165, 1.54) is 24.6 Å². The Labute approximate surface area is 129 Å². The fraction of sp³-hybridized carbons (Fsp3) is 0.857. The lowest BCUT2D eigenvalue weighted by Gasteiger charge is -2.05. The third kappa shape index (κ3) is 11.5. The number of thioether (sulfide) groups is 1. The zero-order chi connectivity index (χ0) is 15.2. The highest BCUT2D eigenvalue weighted by atomic mass is 32.2. The second kappa shape index (κ2) is 13.6. The van der Waals surface area contributed by atoms with Crippen LogP contribution >= 0.6 is 11.8 Å². The Morgan fingerprint density at radius 2 is 1.70 bits per heavy atom. The van der Waals surface area contributed by atoms with Gasteiger partial charge in [0.25, 0.3) is 6.20 Å². The van der Waals surface area contributed by atoms with E-state index >= 15 is 0 Å². The largest absolute Gasteiger partial charge is 0.259 e. The van der Waals surface area contributed by atoms with Gasteiger partial charge < -0.3 is 0 Å². The SMILES string of the molecule is CCCCCCSC(=C[N+](=O)[O-])S(=O)CCCCCC. The van der Waals surface area contributed by atoms with E-state index in [0.717, 1.165) is 50.5 Å². The molecular formula is C14H27NO3S2. The molecule has 20 heavy (non-hydrogen) atoms. The van der Waals surface area contributed by atoms with Crippen LogP contribution in [0.4, 0.5) is 0 Å². The predicted molar refractivity (Wildman–Crippen MR) is 88.8 cm³/mol. The highest BCUT2D eigenvalue weighted by molar-refractivity contribution is 8.16. The monoisotopic (exact) mass is 321 g/mol. The highest BCUT2D eigenvalue weighted by Gasteiger charge is 2.12. The van der Waals surface area contributed by atoms with Crippen molar-refractivity contribution in [2.45, 2.75) is 65.2 Å². The quantitative estimate of drug-likeness (QED) is 0.280. The van der Waals surface area contributed by atoms with Crippen LogP contribution in [0.5, 0.6) is 0 Å². The Morgan fingerprint density at radius 3 is 2.25 bits per heavy atom. The van der Waals surface area contributed by atoms with Gasteiger partial charge in [-0.25, -0.2) is 0 Å². The number of unbranched alkanes of at least 4 members (excludes halogenated alkanes) is 6. The van der Waals surface area contributed by atoms with Gasteiger partial charge in [-0.3, -0.25) is 14.3 Å². The molecule has 0 rings (SSSR count). The summed E-state index contributed by atoms with van der Waals surface area (Å²) in [5.41, 5.74) is 0. The van der Waals surface area contributed by atoms with Crippen LogP contribution < -0.4 is 0 Å². The molecule has 0 fully saturated rings. The molecule has 0 aromatic carbocycles. The molecule has 1 unspecified atom stereocenters. The highest BCUT2D eigenvalue weighted by Crippen LogP contribution is 2.22. The lowest BCUT2D eigenvalue weighted by atomic mass is 10.2. The maximum atomic E-state index is 12.1. The van der Waals surface area contributed by atoms with Crippen molar-refractivity contribution in [2.75, 3.05) is 11.5 Å². The fourth-order valence-corrected chi connectivity index (χ4v) is 4.32. The van der Waals surface area contributed by atoms with Gasteiger partial charge in [-0.2, -0.15) is 0 Å². The average Bonchev–Trinajstić information content (AvgIpc) is 2.41. The number of rotatable bonds is 13. The summed E-state index contributed by atoms with van der Waals surface area (Å²) >= 11 is 1.39. The standard InChI is InChI=1S/C14H27NO3S2/c1-3-5-7-9-11-19-14(13-15(16)17)20(18)12-10-8-6-4-2/h13H,3-12H2,1-2H3. The molecule has 0 aromatic heterocycles. The number of nitrogens with zero attached hydrogens (tertiary/aromatic N) is 1. The van der Waals surface area contributed by atoms with E-state index in [9.17, 15) is 14.3 Å². The van der Waals surface area contributed by atoms with Gasteiger partial charge in [-0.05, 0) is 18.6 Å². The van der Waals surface area contributed by atoms with Gasteiger partial charge >= 0.3 is 0 Å². The maximum absolute atomic E-state index is 12.1. The van der Waals surface area contributed by atoms with Crippen molar-refractivity contribution in [3.8, 4) is 0 Å². The molecule has 0 bridgehead atoms. The topological polar surface area (TPSA) is 60.2 Å². The summed E-state index contributed by atoms with van der Waals surface area (Å²) in [5, 5.41) is 10.6. The molecule has 0 radical (unpaired) electrons. The molecule has 0 amide bonds. The van der Waals surface area contributed by atoms with Crippen molar-refractivity contribution in [3.63, 3.8) is 0 Å². The van der Waals surface area contributed by atoms with Crippen LogP contribution in [-0.2, 0) is 10.8 Å². The lowest BCUT2D eigenvalue weighted by molar-refractivity contribution is -0.402. The van der Waals surface area contributed by atoms with Crippen LogP contribution in [-0.4, -0.2) is 20.6 Å². The van der Waals surface area contributed by atoms with E-state index in [1.807, 2.05) is 0 Å². The van der Waals surface area contributed by atoms with E-state index in [-0.39, 0.29) is 0 Å². The van der Waals surface area contributed by atoms with E-state index in [2.05, 4.69) is 13.8 Å². The van der Waals surface area contributed by atoms with Crippen molar-refractivity contribution < 1.29 is 9.13 Å². The molecule has 0 spiro atoms. The van der Waals surface area contributed by atoms with Crippen LogP contribution in [0.3, 0.4) is 0 Å². The van der Waals surface area contributed by atoms with Crippen molar-refractivity contribution in [1.29, 1.82) is 0 Å². The van der Waals surface area contributed by atoms with Gasteiger partial charge in [0.05, 0.1) is 15.7 Å². The summed E-state index contributed by atoms with van der Waals surface area (Å²) < 4.78 is 12.5. The first-order valence-electron chi connectivity index (χ1n) is 7.48. The van der Waals surface area contributed by atoms with E-state index in [0.29, 0.717) is 9.99 Å². The summed E-state index contributed by atoms with van der Waals surface area (Å²) in [6.07, 6.45) is 9.66. The maximum Gasteiger partial charge on any atom is 0.256 e. The fourth-order valence-electron chi connectivity index (χ4n) is 1.71. The molecule has 0 heterocycles. The van der Waals surface area contributed by atoms with Gasteiger partial charge in [0.1, 0.15) is 4.24 Å². The van der Waals surface area contributed by atoms with Crippen molar-refractivity contribution >= 4 is 22.6 Å². The molecule has 1 atom stereocenters. The minimum absolute atomic E-state index is 0.433. The predicted octanol–water partition coefficient (Wildman–Crippen LogP) is 4.70. The lowest BCUT2D eigenvalue weighted by Crippen LogP contribution is -2.02. The average molecular weight is 322 g/mol. The Morgan fingerprint density at radius 1 is 1.10 bits per heavy atom. The third-order valence-corrected chi connectivity index (χ3v) is 5.87. The zero-order valence-electron chi connectivity index (χ0n) is 12.6. The van der Waals surface area contributed by atoms with Crippen LogP contribution in [0, 0.1) is 10.1 Å². The summed E-state index contributed by atoms with van der Waals surface area (Å²) in [5.74, 6) is 1.36. The molecule has 0 aromatic rings. The minimum Gasteiger partial charge on any atom is -0.259 e. The Balaban J connectivity index is 4.13. The molecule has 0 saturated carbocycles. The first kappa shape index (κ1) is 19.6. The normalized spacial score (nSPS) is 13.4. The van der Waals surface area contributed by atoms with Gasteiger partial charge in [0, 0.05) is 5.75 Å². The molecule has 0 aliphatic rings. The molecule has 118 valence electrons. The zero-order valence-corrected chi connectivity index (χ0v) is 14.3. The van der Waals surface area contributed by atoms with Gasteiger partial charge in [0.2, 0.25) is 0 Å². The van der Waals surface area contributed by atoms with Crippen molar-refractivity contribution in [2.24, 2.45) is 0 Å². The molecule has 0 N–H and O–H groups in total. The molecule has 0 saturated heterocycles. The summed E-state index contributed by atoms with van der Waals surface area (Å²) in [6.45, 7) is 4.28. The van der Waals surface area contributed by atoms with Crippen LogP contribution in [0.2, 0.25) is 0 Å². The Hall–Kier alpha value is -0.360. The smallest absolute Gasteiger partial charge is 0.256 e. The molecule has 6 heteroatoms. The summed E-state index contributed by atoms with van der Waals surface area (Å²) in [7, 11) is -1.21. The van der Waals surface area contributed by atoms with Crippen LogP contribution in [0.1, 0.15) is 65.2 Å². The van der Waals surface area contributed by atoms with E-state index in [4.69, 9.17) is 0 Å². The molecule has 0 aliphatic carbocycles. The first-order chi connectivity index (χ1) is 9.61. The number of hydrogen-bond donors (Lipinski definition) is 0.